The van der Waals surface area contributed by atoms with Crippen molar-refractivity contribution in [3.05, 3.63) is 0 Å². The Balaban J connectivity index is 1.51. The lowest BCUT2D eigenvalue weighted by Crippen LogP contribution is -2.32. The summed E-state index contributed by atoms with van der Waals surface area (Å²) in [6, 6.07) is 0.638. The van der Waals surface area contributed by atoms with Gasteiger partial charge in [0.05, 0.1) is 0 Å². The van der Waals surface area contributed by atoms with E-state index in [-0.39, 0.29) is 0 Å². The van der Waals surface area contributed by atoms with E-state index in [2.05, 4.69) is 19.2 Å². The molecule has 2 bridgehead atoms. The second kappa shape index (κ2) is 4.83. The van der Waals surface area contributed by atoms with Crippen LogP contribution in [0.1, 0.15) is 39.5 Å². The molecule has 1 saturated heterocycles. The molecule has 1 N–H and O–H groups in total. The van der Waals surface area contributed by atoms with Crippen molar-refractivity contribution in [1.82, 2.24) is 5.32 Å². The summed E-state index contributed by atoms with van der Waals surface area (Å²) in [7, 11) is 0. The summed E-state index contributed by atoms with van der Waals surface area (Å²) in [5.74, 6) is 4.89. The van der Waals surface area contributed by atoms with Gasteiger partial charge in [0.15, 0.2) is 5.17 Å². The molecule has 17 heavy (non-hydrogen) atoms. The predicted molar refractivity (Wildman–Crippen MR) is 75.5 cm³/mol. The van der Waals surface area contributed by atoms with E-state index in [0.29, 0.717) is 6.04 Å². The molecule has 2 nitrogen and oxygen atoms in total. The van der Waals surface area contributed by atoms with E-state index >= 15 is 0 Å². The van der Waals surface area contributed by atoms with Gasteiger partial charge < -0.3 is 5.32 Å². The van der Waals surface area contributed by atoms with Crippen LogP contribution in [0.25, 0.3) is 0 Å². The lowest BCUT2D eigenvalue weighted by molar-refractivity contribution is 0.342. The molecule has 3 aliphatic rings. The van der Waals surface area contributed by atoms with Crippen LogP contribution in [0.3, 0.4) is 0 Å². The summed E-state index contributed by atoms with van der Waals surface area (Å²) >= 11 is 1.92. The van der Waals surface area contributed by atoms with Gasteiger partial charge in [-0.2, -0.15) is 0 Å². The average Bonchev–Trinajstić information content (AvgIpc) is 3.02. The van der Waals surface area contributed by atoms with Gasteiger partial charge in [-0.3, -0.25) is 4.99 Å². The highest BCUT2D eigenvalue weighted by molar-refractivity contribution is 8.14. The highest BCUT2D eigenvalue weighted by Crippen LogP contribution is 2.48. The van der Waals surface area contributed by atoms with Gasteiger partial charge in [0.25, 0.3) is 0 Å². The van der Waals surface area contributed by atoms with Crippen LogP contribution in [-0.2, 0) is 0 Å². The molecule has 1 heterocycles. The largest absolute Gasteiger partial charge is 0.361 e. The second-order valence-corrected chi connectivity index (χ2v) is 7.40. The van der Waals surface area contributed by atoms with Crippen LogP contribution in [0.4, 0.5) is 0 Å². The molecule has 2 aliphatic carbocycles. The molecule has 3 rings (SSSR count). The van der Waals surface area contributed by atoms with Gasteiger partial charge in [-0.1, -0.05) is 32.0 Å². The molecule has 0 aromatic heterocycles. The molecule has 96 valence electrons. The van der Waals surface area contributed by atoms with E-state index in [1.165, 1.54) is 36.6 Å². The number of rotatable bonds is 3. The summed E-state index contributed by atoms with van der Waals surface area (Å²) in [4.78, 5) is 4.83. The zero-order chi connectivity index (χ0) is 11.8. The van der Waals surface area contributed by atoms with E-state index < -0.39 is 0 Å². The zero-order valence-corrected chi connectivity index (χ0v) is 11.8. The molecular formula is C14H24N2S. The van der Waals surface area contributed by atoms with Crippen LogP contribution in [-0.4, -0.2) is 23.5 Å². The molecule has 3 heteroatoms. The van der Waals surface area contributed by atoms with E-state index in [1.807, 2.05) is 11.8 Å². The lowest BCUT2D eigenvalue weighted by Gasteiger charge is -2.19. The summed E-state index contributed by atoms with van der Waals surface area (Å²) in [5.41, 5.74) is 0. The third kappa shape index (κ3) is 2.49. The molecule has 0 aromatic carbocycles. The van der Waals surface area contributed by atoms with Crippen LogP contribution in [0, 0.1) is 23.7 Å². The van der Waals surface area contributed by atoms with E-state index in [9.17, 15) is 0 Å². The Labute approximate surface area is 109 Å². The maximum atomic E-state index is 4.83. The fourth-order valence-electron chi connectivity index (χ4n) is 3.66. The maximum absolute atomic E-state index is 4.83. The van der Waals surface area contributed by atoms with Crippen LogP contribution < -0.4 is 5.32 Å². The Kier molecular flexibility index (Phi) is 3.38. The van der Waals surface area contributed by atoms with Gasteiger partial charge in [0.2, 0.25) is 0 Å². The summed E-state index contributed by atoms with van der Waals surface area (Å²) in [6.07, 6.45) is 5.94. The molecule has 0 aromatic rings. The van der Waals surface area contributed by atoms with Crippen LogP contribution in [0.15, 0.2) is 4.99 Å². The summed E-state index contributed by atoms with van der Waals surface area (Å²) in [6.45, 7) is 5.66. The Hall–Kier alpha value is -0.180. The van der Waals surface area contributed by atoms with Crippen molar-refractivity contribution in [3.63, 3.8) is 0 Å². The number of amidine groups is 1. The maximum Gasteiger partial charge on any atom is 0.156 e. The third-order valence-electron chi connectivity index (χ3n) is 4.87. The minimum atomic E-state index is 0.638. The Bertz CT molecular complexity index is 313. The molecule has 0 spiro atoms. The van der Waals surface area contributed by atoms with E-state index in [4.69, 9.17) is 4.99 Å². The minimum Gasteiger partial charge on any atom is -0.361 e. The highest BCUT2D eigenvalue weighted by atomic mass is 32.2. The number of thioether (sulfide) groups is 1. The van der Waals surface area contributed by atoms with Crippen molar-refractivity contribution in [2.24, 2.45) is 28.7 Å². The number of nitrogens with one attached hydrogen (secondary N) is 1. The van der Waals surface area contributed by atoms with Gasteiger partial charge in [-0.25, -0.2) is 0 Å². The van der Waals surface area contributed by atoms with Crippen LogP contribution >= 0.6 is 11.8 Å². The van der Waals surface area contributed by atoms with Gasteiger partial charge in [0, 0.05) is 18.3 Å². The fraction of sp³-hybridized carbons (Fsp3) is 0.929. The minimum absolute atomic E-state index is 0.638. The molecule has 0 amide bonds. The normalized spacial score (nSPS) is 42.6. The van der Waals surface area contributed by atoms with Gasteiger partial charge in [-0.05, 0) is 42.9 Å². The monoisotopic (exact) mass is 252 g/mol. The molecule has 1 aliphatic heterocycles. The number of aliphatic imine (C=N–C) groups is 1. The number of fused-ring (bicyclic) bond motifs is 2. The predicted octanol–water partition coefficient (Wildman–Crippen LogP) is 3.14. The van der Waals surface area contributed by atoms with Crippen molar-refractivity contribution in [1.29, 1.82) is 0 Å². The molecule has 3 fully saturated rings. The van der Waals surface area contributed by atoms with Crippen LogP contribution in [0.5, 0.6) is 0 Å². The number of hydrogen-bond donors (Lipinski definition) is 1. The van der Waals surface area contributed by atoms with E-state index in [0.717, 1.165) is 30.2 Å². The Morgan fingerprint density at radius 3 is 2.82 bits per heavy atom. The first-order valence-electron chi connectivity index (χ1n) is 7.16. The second-order valence-electron chi connectivity index (χ2n) is 6.39. The quantitative estimate of drug-likeness (QED) is 0.834. The van der Waals surface area contributed by atoms with Gasteiger partial charge in [0.1, 0.15) is 0 Å². The van der Waals surface area contributed by atoms with Crippen molar-refractivity contribution >= 4 is 16.9 Å². The first-order valence-corrected chi connectivity index (χ1v) is 8.14. The topological polar surface area (TPSA) is 24.4 Å². The summed E-state index contributed by atoms with van der Waals surface area (Å²) in [5, 5.41) is 4.79. The Morgan fingerprint density at radius 2 is 2.24 bits per heavy atom. The van der Waals surface area contributed by atoms with Crippen molar-refractivity contribution in [2.75, 3.05) is 12.3 Å². The zero-order valence-electron chi connectivity index (χ0n) is 11.0. The SMILES string of the molecule is CC(C)[C@H]1CSC(=NCC2CC3CCC2C3)N1. The fourth-order valence-corrected chi connectivity index (χ4v) is 4.87. The molecule has 0 radical (unpaired) electrons. The Morgan fingerprint density at radius 1 is 1.35 bits per heavy atom. The first kappa shape index (κ1) is 11.9. The van der Waals surface area contributed by atoms with Crippen LogP contribution in [0.2, 0.25) is 0 Å². The van der Waals surface area contributed by atoms with Gasteiger partial charge in [-0.15, -0.1) is 0 Å². The molecule has 2 saturated carbocycles. The molecule has 4 atom stereocenters. The highest BCUT2D eigenvalue weighted by Gasteiger charge is 2.39. The van der Waals surface area contributed by atoms with Gasteiger partial charge >= 0.3 is 0 Å². The first-order chi connectivity index (χ1) is 8.22. The standard InChI is InChI=1S/C14H24N2S/c1-9(2)13-8-17-14(16-13)15-7-12-6-10-3-4-11(12)5-10/h9-13H,3-8H2,1-2H3,(H,15,16)/t10?,11?,12?,13-/m1/s1. The molecule has 3 unspecified atom stereocenters. The van der Waals surface area contributed by atoms with Crippen molar-refractivity contribution < 1.29 is 0 Å². The molecular weight excluding hydrogens is 228 g/mol. The van der Waals surface area contributed by atoms with E-state index in [1.54, 1.807) is 0 Å². The van der Waals surface area contributed by atoms with Crippen molar-refractivity contribution in [3.8, 4) is 0 Å². The number of nitrogens with zero attached hydrogens (tertiary/aromatic N) is 1. The smallest absolute Gasteiger partial charge is 0.156 e. The average molecular weight is 252 g/mol. The lowest BCUT2D eigenvalue weighted by atomic mass is 9.89. The summed E-state index contributed by atoms with van der Waals surface area (Å²) < 4.78 is 0. The van der Waals surface area contributed by atoms with Crippen molar-refractivity contribution in [2.45, 2.75) is 45.6 Å². The number of hydrogen-bond acceptors (Lipinski definition) is 2. The third-order valence-corrected chi connectivity index (χ3v) is 5.91.